The molecule has 0 saturated carbocycles. The summed E-state index contributed by atoms with van der Waals surface area (Å²) < 4.78 is 27.3. The van der Waals surface area contributed by atoms with Crippen LogP contribution >= 0.6 is 11.3 Å². The van der Waals surface area contributed by atoms with Gasteiger partial charge in [-0.25, -0.2) is 8.42 Å². The van der Waals surface area contributed by atoms with Crippen LogP contribution in [-0.2, 0) is 16.6 Å². The second kappa shape index (κ2) is 5.16. The van der Waals surface area contributed by atoms with Gasteiger partial charge in [0.1, 0.15) is 4.21 Å². The summed E-state index contributed by atoms with van der Waals surface area (Å²) in [6.45, 7) is 8.18. The molecule has 0 atom stereocenters. The Morgan fingerprint density at radius 2 is 2.16 bits per heavy atom. The van der Waals surface area contributed by atoms with E-state index in [1.165, 1.54) is 11.3 Å². The summed E-state index contributed by atoms with van der Waals surface area (Å²) in [5.74, 6) is 0. The van der Waals surface area contributed by atoms with Gasteiger partial charge in [0.15, 0.2) is 0 Å². The highest BCUT2D eigenvalue weighted by molar-refractivity contribution is 7.91. The summed E-state index contributed by atoms with van der Waals surface area (Å²) in [6, 6.07) is 1.80. The first-order valence-corrected chi connectivity index (χ1v) is 8.76. The van der Waals surface area contributed by atoms with Gasteiger partial charge in [-0.15, -0.1) is 11.3 Å². The average molecular weight is 302 g/mol. The van der Waals surface area contributed by atoms with Crippen molar-refractivity contribution in [3.05, 3.63) is 16.5 Å². The van der Waals surface area contributed by atoms with Gasteiger partial charge in [0, 0.05) is 24.5 Å². The summed E-state index contributed by atoms with van der Waals surface area (Å²) in [4.78, 5) is 1.10. The molecule has 0 aliphatic carbocycles. The fourth-order valence-electron chi connectivity index (χ4n) is 2.35. The van der Waals surface area contributed by atoms with Crippen LogP contribution in [0.3, 0.4) is 0 Å². The van der Waals surface area contributed by atoms with Gasteiger partial charge >= 0.3 is 0 Å². The second-order valence-electron chi connectivity index (χ2n) is 5.95. The summed E-state index contributed by atoms with van der Waals surface area (Å²) >= 11 is 1.39. The van der Waals surface area contributed by atoms with Gasteiger partial charge in [0.2, 0.25) is 0 Å². The number of rotatable bonds is 4. The zero-order chi connectivity index (χ0) is 14.3. The van der Waals surface area contributed by atoms with Gasteiger partial charge in [0.25, 0.3) is 10.0 Å². The predicted octanol–water partition coefficient (Wildman–Crippen LogP) is 2.20. The van der Waals surface area contributed by atoms with Gasteiger partial charge in [-0.3, -0.25) is 0 Å². The summed E-state index contributed by atoms with van der Waals surface area (Å²) in [5.41, 5.74) is 1.14. The van der Waals surface area contributed by atoms with Crippen molar-refractivity contribution in [2.75, 3.05) is 20.1 Å². The molecule has 0 bridgehead atoms. The van der Waals surface area contributed by atoms with Crippen LogP contribution < -0.4 is 5.32 Å². The van der Waals surface area contributed by atoms with E-state index in [0.717, 1.165) is 23.4 Å². The number of aryl methyl sites for hydroxylation is 1. The Morgan fingerprint density at radius 1 is 1.47 bits per heavy atom. The molecule has 1 aromatic rings. The van der Waals surface area contributed by atoms with Crippen molar-refractivity contribution in [1.29, 1.82) is 0 Å². The normalized spacial score (nSPS) is 20.0. The second-order valence-corrected chi connectivity index (χ2v) is 9.26. The molecule has 1 aliphatic heterocycles. The largest absolute Gasteiger partial charge is 0.315 e. The minimum absolute atomic E-state index is 0.0905. The van der Waals surface area contributed by atoms with E-state index >= 15 is 0 Å². The number of hydrogen-bond acceptors (Lipinski definition) is 4. The average Bonchev–Trinajstić information content (AvgIpc) is 2.84. The van der Waals surface area contributed by atoms with Crippen molar-refractivity contribution in [1.82, 2.24) is 9.62 Å². The number of sulfonamides is 1. The molecule has 0 radical (unpaired) electrons. The Morgan fingerprint density at radius 3 is 2.68 bits per heavy atom. The van der Waals surface area contributed by atoms with E-state index in [9.17, 15) is 8.42 Å². The number of thiophene rings is 1. The monoisotopic (exact) mass is 302 g/mol. The standard InChI is InChI=1S/C13H22N2O2S2/c1-10-7-12(18-11(10)8-14-4)19(16,17)15-6-5-13(2,3)9-15/h7,14H,5-6,8-9H2,1-4H3. The molecule has 6 heteroatoms. The lowest BCUT2D eigenvalue weighted by Crippen LogP contribution is -2.29. The van der Waals surface area contributed by atoms with Crippen LogP contribution in [0.2, 0.25) is 0 Å². The number of nitrogens with one attached hydrogen (secondary N) is 1. The Kier molecular flexibility index (Phi) is 4.07. The van der Waals surface area contributed by atoms with E-state index in [0.29, 0.717) is 17.3 Å². The van der Waals surface area contributed by atoms with Crippen molar-refractivity contribution >= 4 is 21.4 Å². The first kappa shape index (κ1) is 15.0. The highest BCUT2D eigenvalue weighted by Crippen LogP contribution is 2.35. The highest BCUT2D eigenvalue weighted by atomic mass is 32.2. The summed E-state index contributed by atoms with van der Waals surface area (Å²) in [6.07, 6.45) is 0.931. The molecule has 1 fully saturated rings. The van der Waals surface area contributed by atoms with Gasteiger partial charge < -0.3 is 5.32 Å². The Labute approximate surface area is 119 Å². The van der Waals surface area contributed by atoms with Crippen LogP contribution in [0.4, 0.5) is 0 Å². The zero-order valence-electron chi connectivity index (χ0n) is 12.0. The fraction of sp³-hybridized carbons (Fsp3) is 0.692. The van der Waals surface area contributed by atoms with Gasteiger partial charge in [-0.05, 0) is 37.4 Å². The minimum atomic E-state index is -3.31. The molecular formula is C13H22N2O2S2. The lowest BCUT2D eigenvalue weighted by atomic mass is 9.93. The van der Waals surface area contributed by atoms with Crippen LogP contribution in [0.1, 0.15) is 30.7 Å². The lowest BCUT2D eigenvalue weighted by molar-refractivity contribution is 0.376. The first-order chi connectivity index (χ1) is 8.76. The number of nitrogens with zero attached hydrogens (tertiary/aromatic N) is 1. The third-order valence-electron chi connectivity index (χ3n) is 3.57. The molecule has 0 aromatic carbocycles. The van der Waals surface area contributed by atoms with Crippen LogP contribution in [0.15, 0.2) is 10.3 Å². The third kappa shape index (κ3) is 3.02. The SMILES string of the molecule is CNCc1sc(S(=O)(=O)N2CCC(C)(C)C2)cc1C. The summed E-state index contributed by atoms with van der Waals surface area (Å²) in [7, 11) is -1.43. The van der Waals surface area contributed by atoms with E-state index in [2.05, 4.69) is 19.2 Å². The quantitative estimate of drug-likeness (QED) is 0.927. The molecule has 1 aliphatic rings. The van der Waals surface area contributed by atoms with Crippen LogP contribution in [0.5, 0.6) is 0 Å². The van der Waals surface area contributed by atoms with E-state index in [1.54, 1.807) is 10.4 Å². The smallest absolute Gasteiger partial charge is 0.252 e. The maximum absolute atomic E-state index is 12.6. The molecule has 0 spiro atoms. The van der Waals surface area contributed by atoms with Crippen molar-refractivity contribution in [2.24, 2.45) is 5.41 Å². The van der Waals surface area contributed by atoms with Crippen LogP contribution in [-0.4, -0.2) is 32.9 Å². The summed E-state index contributed by atoms with van der Waals surface area (Å²) in [5, 5.41) is 3.07. The van der Waals surface area contributed by atoms with E-state index in [-0.39, 0.29) is 5.41 Å². The first-order valence-electron chi connectivity index (χ1n) is 6.50. The van der Waals surface area contributed by atoms with Gasteiger partial charge in [-0.1, -0.05) is 13.8 Å². The van der Waals surface area contributed by atoms with Gasteiger partial charge in [-0.2, -0.15) is 4.31 Å². The minimum Gasteiger partial charge on any atom is -0.315 e. The molecule has 4 nitrogen and oxygen atoms in total. The van der Waals surface area contributed by atoms with Crippen molar-refractivity contribution in [2.45, 2.75) is 37.9 Å². The number of hydrogen-bond donors (Lipinski definition) is 1. The van der Waals surface area contributed by atoms with Crippen LogP contribution in [0, 0.1) is 12.3 Å². The predicted molar refractivity (Wildman–Crippen MR) is 79.0 cm³/mol. The molecule has 2 rings (SSSR count). The Bertz CT molecular complexity index is 561. The molecule has 1 saturated heterocycles. The van der Waals surface area contributed by atoms with Crippen molar-refractivity contribution < 1.29 is 8.42 Å². The molecule has 108 valence electrons. The third-order valence-corrected chi connectivity index (χ3v) is 7.10. The van der Waals surface area contributed by atoms with Crippen molar-refractivity contribution in [3.63, 3.8) is 0 Å². The van der Waals surface area contributed by atoms with E-state index in [1.807, 2.05) is 14.0 Å². The molecule has 0 amide bonds. The Hall–Kier alpha value is -0.430. The zero-order valence-corrected chi connectivity index (χ0v) is 13.6. The maximum Gasteiger partial charge on any atom is 0.252 e. The van der Waals surface area contributed by atoms with Crippen molar-refractivity contribution in [3.8, 4) is 0 Å². The molecule has 0 unspecified atom stereocenters. The Balaban J connectivity index is 2.28. The molecular weight excluding hydrogens is 280 g/mol. The maximum atomic E-state index is 12.6. The van der Waals surface area contributed by atoms with E-state index < -0.39 is 10.0 Å². The van der Waals surface area contributed by atoms with Crippen LogP contribution in [0.25, 0.3) is 0 Å². The fourth-order valence-corrected chi connectivity index (χ4v) is 5.73. The molecule has 2 heterocycles. The topological polar surface area (TPSA) is 49.4 Å². The molecule has 19 heavy (non-hydrogen) atoms. The molecule has 1 aromatic heterocycles. The van der Waals surface area contributed by atoms with Gasteiger partial charge in [0.05, 0.1) is 0 Å². The molecule has 1 N–H and O–H groups in total. The van der Waals surface area contributed by atoms with E-state index in [4.69, 9.17) is 0 Å². The lowest BCUT2D eigenvalue weighted by Gasteiger charge is -2.18. The highest BCUT2D eigenvalue weighted by Gasteiger charge is 2.37.